The molecule has 0 saturated carbocycles. The van der Waals surface area contributed by atoms with Crippen molar-refractivity contribution in [2.75, 3.05) is 13.1 Å². The van der Waals surface area contributed by atoms with Crippen LogP contribution in [0.5, 0.6) is 0 Å². The van der Waals surface area contributed by atoms with Gasteiger partial charge in [-0.05, 0) is 18.8 Å². The standard InChI is InChI=1S/C18H23N3OS/c1-12-4-6-13(7-5-12)16-20-14(10-23-16)17(22)21-9-8-15(19)18(2,3)11-21/h4-7,10,15H,8-9,11,19H2,1-3H3. The van der Waals surface area contributed by atoms with E-state index in [1.165, 1.54) is 16.9 Å². The molecule has 0 bridgehead atoms. The number of thiazole rings is 1. The SMILES string of the molecule is Cc1ccc(-c2nc(C(=O)N3CCC(N)C(C)(C)C3)cs2)cc1. The molecule has 1 aliphatic rings. The molecule has 0 radical (unpaired) electrons. The first-order valence-corrected chi connectivity index (χ1v) is 8.82. The van der Waals surface area contributed by atoms with E-state index < -0.39 is 0 Å². The van der Waals surface area contributed by atoms with Gasteiger partial charge in [0.15, 0.2) is 0 Å². The van der Waals surface area contributed by atoms with Crippen LogP contribution in [-0.2, 0) is 0 Å². The molecule has 0 aliphatic carbocycles. The van der Waals surface area contributed by atoms with E-state index in [1.807, 2.05) is 22.4 Å². The van der Waals surface area contributed by atoms with Crippen LogP contribution in [0.4, 0.5) is 0 Å². The minimum absolute atomic E-state index is 0.0135. The number of rotatable bonds is 2. The zero-order valence-corrected chi connectivity index (χ0v) is 14.7. The summed E-state index contributed by atoms with van der Waals surface area (Å²) in [5.41, 5.74) is 8.91. The van der Waals surface area contributed by atoms with E-state index in [0.29, 0.717) is 18.8 Å². The van der Waals surface area contributed by atoms with Crippen molar-refractivity contribution in [2.45, 2.75) is 33.2 Å². The quantitative estimate of drug-likeness (QED) is 0.919. The Morgan fingerprint density at radius 3 is 2.70 bits per heavy atom. The van der Waals surface area contributed by atoms with Crippen molar-refractivity contribution in [3.63, 3.8) is 0 Å². The van der Waals surface area contributed by atoms with Gasteiger partial charge in [0.05, 0.1) is 0 Å². The van der Waals surface area contributed by atoms with Crippen molar-refractivity contribution in [2.24, 2.45) is 11.1 Å². The summed E-state index contributed by atoms with van der Waals surface area (Å²) in [6.07, 6.45) is 0.841. The number of hydrogen-bond donors (Lipinski definition) is 1. The number of piperidine rings is 1. The van der Waals surface area contributed by atoms with Crippen molar-refractivity contribution in [1.82, 2.24) is 9.88 Å². The van der Waals surface area contributed by atoms with Gasteiger partial charge < -0.3 is 10.6 Å². The number of aromatic nitrogens is 1. The second-order valence-corrected chi connectivity index (χ2v) is 7.87. The van der Waals surface area contributed by atoms with Gasteiger partial charge in [-0.15, -0.1) is 11.3 Å². The van der Waals surface area contributed by atoms with Crippen LogP contribution >= 0.6 is 11.3 Å². The van der Waals surface area contributed by atoms with E-state index in [2.05, 4.69) is 37.9 Å². The Morgan fingerprint density at radius 2 is 2.04 bits per heavy atom. The van der Waals surface area contributed by atoms with Gasteiger partial charge in [0, 0.05) is 30.1 Å². The molecule has 1 atom stereocenters. The monoisotopic (exact) mass is 329 g/mol. The van der Waals surface area contributed by atoms with Crippen LogP contribution in [0.3, 0.4) is 0 Å². The average molecular weight is 329 g/mol. The van der Waals surface area contributed by atoms with Crippen molar-refractivity contribution < 1.29 is 4.79 Å². The molecule has 1 aliphatic heterocycles. The van der Waals surface area contributed by atoms with Gasteiger partial charge in [0.25, 0.3) is 5.91 Å². The summed E-state index contributed by atoms with van der Waals surface area (Å²) in [6.45, 7) is 7.69. The molecule has 1 unspecified atom stereocenters. The number of nitrogens with two attached hydrogens (primary N) is 1. The van der Waals surface area contributed by atoms with Gasteiger partial charge in [-0.3, -0.25) is 4.79 Å². The Bertz CT molecular complexity index is 705. The van der Waals surface area contributed by atoms with Crippen LogP contribution in [0.1, 0.15) is 36.3 Å². The van der Waals surface area contributed by atoms with Crippen LogP contribution in [0.25, 0.3) is 10.6 Å². The Balaban J connectivity index is 1.77. The lowest BCUT2D eigenvalue weighted by molar-refractivity contribution is 0.0528. The number of likely N-dealkylation sites (tertiary alicyclic amines) is 1. The lowest BCUT2D eigenvalue weighted by Gasteiger charge is -2.42. The van der Waals surface area contributed by atoms with Gasteiger partial charge in [-0.25, -0.2) is 4.98 Å². The predicted molar refractivity (Wildman–Crippen MR) is 94.6 cm³/mol. The lowest BCUT2D eigenvalue weighted by Crippen LogP contribution is -2.54. The first-order valence-electron chi connectivity index (χ1n) is 7.94. The van der Waals surface area contributed by atoms with E-state index in [0.717, 1.165) is 17.0 Å². The zero-order valence-electron chi connectivity index (χ0n) is 13.9. The van der Waals surface area contributed by atoms with Gasteiger partial charge in [-0.1, -0.05) is 43.7 Å². The topological polar surface area (TPSA) is 59.2 Å². The van der Waals surface area contributed by atoms with Crippen LogP contribution in [0, 0.1) is 12.3 Å². The second-order valence-electron chi connectivity index (χ2n) is 7.01. The Hall–Kier alpha value is -1.72. The molecule has 1 amide bonds. The van der Waals surface area contributed by atoms with E-state index in [9.17, 15) is 4.79 Å². The van der Waals surface area contributed by atoms with Gasteiger partial charge in [0.2, 0.25) is 0 Å². The minimum Gasteiger partial charge on any atom is -0.337 e. The molecule has 1 aromatic heterocycles. The average Bonchev–Trinajstić information content (AvgIpc) is 3.00. The fourth-order valence-corrected chi connectivity index (χ4v) is 3.71. The van der Waals surface area contributed by atoms with Crippen molar-refractivity contribution in [3.8, 4) is 10.6 Å². The summed E-state index contributed by atoms with van der Waals surface area (Å²) < 4.78 is 0. The Kier molecular flexibility index (Phi) is 4.25. The molecule has 4 nitrogen and oxygen atoms in total. The summed E-state index contributed by atoms with van der Waals surface area (Å²) >= 11 is 1.52. The molecule has 23 heavy (non-hydrogen) atoms. The van der Waals surface area contributed by atoms with Gasteiger partial charge >= 0.3 is 0 Å². The number of hydrogen-bond acceptors (Lipinski definition) is 4. The van der Waals surface area contributed by atoms with Crippen molar-refractivity contribution in [1.29, 1.82) is 0 Å². The van der Waals surface area contributed by atoms with Gasteiger partial charge in [0.1, 0.15) is 10.7 Å². The molecular weight excluding hydrogens is 306 g/mol. The van der Waals surface area contributed by atoms with Crippen molar-refractivity contribution >= 4 is 17.2 Å². The highest BCUT2D eigenvalue weighted by Gasteiger charge is 2.36. The molecule has 2 N–H and O–H groups in total. The Labute approximate surface area is 141 Å². The third-order valence-corrected chi connectivity index (χ3v) is 5.51. The van der Waals surface area contributed by atoms with Crippen LogP contribution in [-0.4, -0.2) is 34.9 Å². The summed E-state index contributed by atoms with van der Waals surface area (Å²) in [7, 11) is 0. The molecule has 0 spiro atoms. The number of carbonyl (C=O) groups is 1. The molecule has 2 heterocycles. The highest BCUT2D eigenvalue weighted by molar-refractivity contribution is 7.13. The highest BCUT2D eigenvalue weighted by atomic mass is 32.1. The third-order valence-electron chi connectivity index (χ3n) is 4.62. The maximum Gasteiger partial charge on any atom is 0.273 e. The first-order chi connectivity index (χ1) is 10.9. The third kappa shape index (κ3) is 3.31. The summed E-state index contributed by atoms with van der Waals surface area (Å²) in [6, 6.07) is 8.36. The number of benzene rings is 1. The molecule has 1 saturated heterocycles. The van der Waals surface area contributed by atoms with Gasteiger partial charge in [-0.2, -0.15) is 0 Å². The van der Waals surface area contributed by atoms with Crippen molar-refractivity contribution in [3.05, 3.63) is 40.9 Å². The molecule has 5 heteroatoms. The molecule has 1 fully saturated rings. The van der Waals surface area contributed by atoms with E-state index >= 15 is 0 Å². The highest BCUT2D eigenvalue weighted by Crippen LogP contribution is 2.30. The first kappa shape index (κ1) is 16.1. The molecule has 122 valence electrons. The fourth-order valence-electron chi connectivity index (χ4n) is 2.91. The smallest absolute Gasteiger partial charge is 0.273 e. The predicted octanol–water partition coefficient (Wildman–Crippen LogP) is 3.32. The van der Waals surface area contributed by atoms with Crippen LogP contribution in [0.2, 0.25) is 0 Å². The number of amides is 1. The lowest BCUT2D eigenvalue weighted by atomic mass is 9.79. The molecular formula is C18H23N3OS. The number of aryl methyl sites for hydroxylation is 1. The summed E-state index contributed by atoms with van der Waals surface area (Å²) in [4.78, 5) is 19.2. The van der Waals surface area contributed by atoms with Crippen LogP contribution < -0.4 is 5.73 Å². The maximum atomic E-state index is 12.7. The van der Waals surface area contributed by atoms with E-state index in [-0.39, 0.29) is 17.4 Å². The molecule has 3 rings (SSSR count). The van der Waals surface area contributed by atoms with E-state index in [1.54, 1.807) is 0 Å². The number of nitrogens with zero attached hydrogens (tertiary/aromatic N) is 2. The fraction of sp³-hybridized carbons (Fsp3) is 0.444. The minimum atomic E-state index is -0.0519. The van der Waals surface area contributed by atoms with Crippen LogP contribution in [0.15, 0.2) is 29.6 Å². The number of carbonyl (C=O) groups excluding carboxylic acids is 1. The second kappa shape index (κ2) is 6.06. The summed E-state index contributed by atoms with van der Waals surface area (Å²) in [5.74, 6) is 0.0135. The summed E-state index contributed by atoms with van der Waals surface area (Å²) in [5, 5.41) is 2.75. The molecule has 1 aromatic carbocycles. The normalized spacial score (nSPS) is 20.5. The molecule has 2 aromatic rings. The zero-order chi connectivity index (χ0) is 16.6. The maximum absolute atomic E-state index is 12.7. The largest absolute Gasteiger partial charge is 0.337 e. The van der Waals surface area contributed by atoms with E-state index in [4.69, 9.17) is 5.73 Å². The Morgan fingerprint density at radius 1 is 1.35 bits per heavy atom.